The Hall–Kier alpha value is -3.95. The van der Waals surface area contributed by atoms with Gasteiger partial charge in [-0.05, 0) is 74.1 Å². The predicted molar refractivity (Wildman–Crippen MR) is 161 cm³/mol. The highest BCUT2D eigenvalue weighted by Gasteiger charge is 2.47. The van der Waals surface area contributed by atoms with Gasteiger partial charge in [0.1, 0.15) is 5.78 Å². The molecule has 9 heteroatoms. The molecule has 2 aromatic carbocycles. The van der Waals surface area contributed by atoms with E-state index in [2.05, 4.69) is 29.2 Å². The summed E-state index contributed by atoms with van der Waals surface area (Å²) in [5, 5.41) is 24.1. The van der Waals surface area contributed by atoms with Crippen LogP contribution in [0.1, 0.15) is 67.7 Å². The Kier molecular flexibility index (Phi) is 7.41. The molecule has 3 aromatic rings. The van der Waals surface area contributed by atoms with E-state index in [0.717, 1.165) is 72.3 Å². The summed E-state index contributed by atoms with van der Waals surface area (Å²) in [7, 11) is -2.96. The number of aryl methyl sites for hydroxylation is 1. The van der Waals surface area contributed by atoms with E-state index in [0.29, 0.717) is 25.1 Å². The average molecular weight is 582 g/mol. The Morgan fingerprint density at radius 3 is 2.40 bits per heavy atom. The zero-order chi connectivity index (χ0) is 29.5. The minimum absolute atomic E-state index is 0.0392. The minimum Gasteiger partial charge on any atom is -0.369 e. The summed E-state index contributed by atoms with van der Waals surface area (Å²) in [6.07, 6.45) is 7.67. The van der Waals surface area contributed by atoms with E-state index in [1.165, 1.54) is 0 Å². The van der Waals surface area contributed by atoms with Crippen molar-refractivity contribution in [2.45, 2.75) is 57.8 Å². The summed E-state index contributed by atoms with van der Waals surface area (Å²) >= 11 is 0. The molecule has 3 fully saturated rings. The van der Waals surface area contributed by atoms with Crippen molar-refractivity contribution in [3.05, 3.63) is 65.5 Å². The van der Waals surface area contributed by atoms with Gasteiger partial charge < -0.3 is 4.90 Å². The molecule has 1 aliphatic heterocycles. The van der Waals surface area contributed by atoms with E-state index in [-0.39, 0.29) is 29.1 Å². The van der Waals surface area contributed by atoms with Crippen LogP contribution in [0.2, 0.25) is 0 Å². The second kappa shape index (κ2) is 11.0. The highest BCUT2D eigenvalue weighted by Crippen LogP contribution is 2.51. The third-order valence-corrected chi connectivity index (χ3v) is 10.9. The zero-order valence-corrected chi connectivity index (χ0v) is 24.7. The molecule has 2 atom stereocenters. The zero-order valence-electron chi connectivity index (χ0n) is 23.9. The Labute approximate surface area is 247 Å². The van der Waals surface area contributed by atoms with Crippen LogP contribution in [0.5, 0.6) is 0 Å². The minimum atomic E-state index is -2.96. The van der Waals surface area contributed by atoms with Crippen molar-refractivity contribution in [3.8, 4) is 29.0 Å². The normalized spacial score (nSPS) is 22.6. The Bertz CT molecular complexity index is 1690. The molecular weight excluding hydrogens is 546 g/mol. The number of aromatic nitrogens is 2. The van der Waals surface area contributed by atoms with Gasteiger partial charge in [0.05, 0.1) is 46.0 Å². The van der Waals surface area contributed by atoms with Crippen LogP contribution in [0, 0.1) is 40.9 Å². The molecule has 3 aliphatic rings. The van der Waals surface area contributed by atoms with Gasteiger partial charge in [0, 0.05) is 48.8 Å². The molecule has 42 heavy (non-hydrogen) atoms. The predicted octanol–water partition coefficient (Wildman–Crippen LogP) is 5.49. The van der Waals surface area contributed by atoms with E-state index >= 15 is 0 Å². The van der Waals surface area contributed by atoms with Crippen molar-refractivity contribution in [2.75, 3.05) is 29.5 Å². The number of hydrogen-bond donors (Lipinski definition) is 0. The molecule has 0 radical (unpaired) electrons. The van der Waals surface area contributed by atoms with Gasteiger partial charge in [-0.25, -0.2) is 13.1 Å². The van der Waals surface area contributed by atoms with Crippen molar-refractivity contribution < 1.29 is 13.2 Å². The number of carbonyl (C=O) groups excluding carboxylic acids is 1. The first kappa shape index (κ1) is 28.2. The molecule has 8 nitrogen and oxygen atoms in total. The molecule has 2 aliphatic carbocycles. The van der Waals surface area contributed by atoms with E-state index < -0.39 is 15.3 Å². The van der Waals surface area contributed by atoms with E-state index in [1.807, 2.05) is 42.1 Å². The maximum Gasteiger partial charge on any atom is 0.153 e. The Morgan fingerprint density at radius 1 is 1.05 bits per heavy atom. The number of rotatable bonds is 7. The van der Waals surface area contributed by atoms with E-state index in [9.17, 15) is 23.7 Å². The summed E-state index contributed by atoms with van der Waals surface area (Å²) < 4.78 is 25.7. The summed E-state index contributed by atoms with van der Waals surface area (Å²) in [6.45, 7) is 2.94. The molecule has 1 aromatic heterocycles. The first-order chi connectivity index (χ1) is 20.2. The maximum absolute atomic E-state index is 13.6. The third kappa shape index (κ3) is 5.58. The molecule has 0 unspecified atom stereocenters. The lowest BCUT2D eigenvalue weighted by Gasteiger charge is -2.31. The fourth-order valence-electron chi connectivity index (χ4n) is 6.60. The molecule has 2 saturated carbocycles. The van der Waals surface area contributed by atoms with Crippen molar-refractivity contribution in [1.82, 2.24) is 9.78 Å². The monoisotopic (exact) mass is 581 g/mol. The summed E-state index contributed by atoms with van der Waals surface area (Å²) in [5.74, 6) is 0.315. The number of sulfone groups is 1. The van der Waals surface area contributed by atoms with Crippen molar-refractivity contribution in [2.24, 2.45) is 11.3 Å². The molecule has 0 spiro atoms. The van der Waals surface area contributed by atoms with Crippen LogP contribution >= 0.6 is 0 Å². The molecular formula is C33H35N5O3S. The van der Waals surface area contributed by atoms with E-state index in [1.54, 1.807) is 6.07 Å². The molecule has 0 N–H and O–H groups in total. The SMILES string of the molecule is Cc1cc(C#N)ccc1-n1cc(-c2ccc(N3CCS(=O)(=O)CC3)cc2)c([C@@H]2CCCC[C@H]2C(=O)CC2(C#N)CC2)n1. The molecule has 0 bridgehead atoms. The maximum atomic E-state index is 13.6. The van der Waals surface area contributed by atoms with Gasteiger partial charge in [0.2, 0.25) is 0 Å². The molecule has 6 rings (SSSR count). The largest absolute Gasteiger partial charge is 0.369 e. The lowest BCUT2D eigenvalue weighted by atomic mass is 9.72. The number of nitriles is 2. The van der Waals surface area contributed by atoms with Crippen LogP contribution < -0.4 is 4.90 Å². The van der Waals surface area contributed by atoms with Gasteiger partial charge in [-0.15, -0.1) is 0 Å². The van der Waals surface area contributed by atoms with Crippen LogP contribution in [0.3, 0.4) is 0 Å². The van der Waals surface area contributed by atoms with Crippen LogP contribution in [0.25, 0.3) is 16.8 Å². The van der Waals surface area contributed by atoms with Gasteiger partial charge in [-0.1, -0.05) is 25.0 Å². The van der Waals surface area contributed by atoms with Crippen LogP contribution in [0.4, 0.5) is 5.69 Å². The van der Waals surface area contributed by atoms with Crippen LogP contribution in [-0.4, -0.2) is 48.6 Å². The highest BCUT2D eigenvalue weighted by molar-refractivity contribution is 7.91. The number of nitrogens with zero attached hydrogens (tertiary/aromatic N) is 5. The lowest BCUT2D eigenvalue weighted by molar-refractivity contribution is -0.125. The fourth-order valence-corrected chi connectivity index (χ4v) is 7.80. The number of carbonyl (C=O) groups is 1. The topological polar surface area (TPSA) is 120 Å². The molecule has 216 valence electrons. The molecule has 0 amide bonds. The number of ketones is 1. The number of benzene rings is 2. The fraction of sp³-hybridized carbons (Fsp3) is 0.455. The standard InChI is InChI=1S/C33H35N5O3S/c1-23-18-24(20-34)6-11-30(23)38-21-29(25-7-9-26(10-8-25)37-14-16-42(40,41)17-15-37)32(36-38)28-5-3-2-4-27(28)31(39)19-33(22-35)12-13-33/h6-11,18,21,27-28H,2-5,12-17,19H2,1H3/t27-,28-/m1/s1. The number of hydrogen-bond acceptors (Lipinski definition) is 7. The summed E-state index contributed by atoms with van der Waals surface area (Å²) in [6, 6.07) is 18.3. The van der Waals surface area contributed by atoms with Gasteiger partial charge in [-0.2, -0.15) is 15.6 Å². The second-order valence-corrected chi connectivity index (χ2v) is 14.5. The summed E-state index contributed by atoms with van der Waals surface area (Å²) in [4.78, 5) is 15.8. The first-order valence-corrected chi connectivity index (χ1v) is 16.6. The molecule has 2 heterocycles. The van der Waals surface area contributed by atoms with E-state index in [4.69, 9.17) is 5.10 Å². The Balaban J connectivity index is 1.37. The molecule has 1 saturated heterocycles. The van der Waals surface area contributed by atoms with Crippen molar-refractivity contribution in [3.63, 3.8) is 0 Å². The van der Waals surface area contributed by atoms with Crippen LogP contribution in [-0.2, 0) is 14.6 Å². The third-order valence-electron chi connectivity index (χ3n) is 9.34. The highest BCUT2D eigenvalue weighted by atomic mass is 32.2. The van der Waals surface area contributed by atoms with Gasteiger partial charge in [0.25, 0.3) is 0 Å². The smallest absolute Gasteiger partial charge is 0.153 e. The van der Waals surface area contributed by atoms with Crippen LogP contribution in [0.15, 0.2) is 48.7 Å². The quantitative estimate of drug-likeness (QED) is 0.362. The Morgan fingerprint density at radius 2 is 1.76 bits per heavy atom. The average Bonchev–Trinajstić information content (AvgIpc) is 3.64. The van der Waals surface area contributed by atoms with Gasteiger partial charge >= 0.3 is 0 Å². The summed E-state index contributed by atoms with van der Waals surface area (Å²) in [5.41, 5.74) is 5.79. The second-order valence-electron chi connectivity index (χ2n) is 12.2. The van der Waals surface area contributed by atoms with Gasteiger partial charge in [-0.3, -0.25) is 4.79 Å². The van der Waals surface area contributed by atoms with Gasteiger partial charge in [0.15, 0.2) is 9.84 Å². The van der Waals surface area contributed by atoms with Crippen molar-refractivity contribution >= 4 is 21.3 Å². The first-order valence-electron chi connectivity index (χ1n) is 14.8. The number of anilines is 1. The van der Waals surface area contributed by atoms with Crippen molar-refractivity contribution in [1.29, 1.82) is 10.5 Å². The lowest BCUT2D eigenvalue weighted by Crippen LogP contribution is -2.40. The number of Topliss-reactive ketones (excluding diaryl/α,β-unsaturated/α-hetero) is 1.